The Balaban J connectivity index is 2.01. The fourth-order valence-electron chi connectivity index (χ4n) is 2.94. The number of methoxy groups -OCH3 is 1. The van der Waals surface area contributed by atoms with Crippen LogP contribution in [0.25, 0.3) is 0 Å². The van der Waals surface area contributed by atoms with Crippen molar-refractivity contribution in [3.63, 3.8) is 0 Å². The molecule has 0 N–H and O–H groups in total. The van der Waals surface area contributed by atoms with Gasteiger partial charge in [0, 0.05) is 18.8 Å². The summed E-state index contributed by atoms with van der Waals surface area (Å²) in [5, 5.41) is 0. The monoisotopic (exact) mass is 424 g/mol. The minimum absolute atomic E-state index is 0.117. The highest BCUT2D eigenvalue weighted by molar-refractivity contribution is 7.92. The number of amides is 1. The third kappa shape index (κ3) is 4.63. The third-order valence-corrected chi connectivity index (χ3v) is 6.53. The van der Waals surface area contributed by atoms with E-state index < -0.39 is 10.0 Å². The predicted octanol–water partition coefficient (Wildman–Crippen LogP) is 3.86. The number of benzene rings is 3. The number of para-hydroxylation sites is 1. The Morgan fingerprint density at radius 3 is 2.17 bits per heavy atom. The van der Waals surface area contributed by atoms with Gasteiger partial charge in [-0.3, -0.25) is 9.10 Å². The van der Waals surface area contributed by atoms with E-state index in [1.54, 1.807) is 67.7 Å². The summed E-state index contributed by atoms with van der Waals surface area (Å²) in [5.74, 6) is 0.139. The van der Waals surface area contributed by atoms with Crippen molar-refractivity contribution in [2.24, 2.45) is 0 Å². The number of sulfonamides is 1. The maximum absolute atomic E-state index is 13.5. The van der Waals surface area contributed by atoms with E-state index >= 15 is 0 Å². The number of carbonyl (C=O) groups excluding carboxylic acids is 1. The summed E-state index contributed by atoms with van der Waals surface area (Å²) in [6.45, 7) is 1.53. The van der Waals surface area contributed by atoms with E-state index in [1.807, 2.05) is 25.1 Å². The fourth-order valence-corrected chi connectivity index (χ4v) is 4.35. The van der Waals surface area contributed by atoms with Crippen LogP contribution in [0.3, 0.4) is 0 Å². The summed E-state index contributed by atoms with van der Waals surface area (Å²) in [6, 6.07) is 22.3. The van der Waals surface area contributed by atoms with Gasteiger partial charge < -0.3 is 9.64 Å². The van der Waals surface area contributed by atoms with Crippen LogP contribution >= 0.6 is 0 Å². The first-order chi connectivity index (χ1) is 14.3. The Morgan fingerprint density at radius 2 is 1.53 bits per heavy atom. The molecule has 0 saturated carbocycles. The zero-order valence-corrected chi connectivity index (χ0v) is 18.0. The molecule has 156 valence electrons. The first-order valence-corrected chi connectivity index (χ1v) is 10.8. The van der Waals surface area contributed by atoms with E-state index in [-0.39, 0.29) is 17.3 Å². The lowest BCUT2D eigenvalue weighted by molar-refractivity contribution is -0.116. The van der Waals surface area contributed by atoms with E-state index in [0.29, 0.717) is 17.1 Å². The zero-order valence-electron chi connectivity index (χ0n) is 17.1. The van der Waals surface area contributed by atoms with Gasteiger partial charge in [-0.1, -0.05) is 42.0 Å². The maximum Gasteiger partial charge on any atom is 0.264 e. The second-order valence-corrected chi connectivity index (χ2v) is 8.68. The number of aryl methyl sites for hydroxylation is 1. The van der Waals surface area contributed by atoms with Gasteiger partial charge in [0.25, 0.3) is 10.0 Å². The Bertz CT molecular complexity index is 1110. The van der Waals surface area contributed by atoms with Gasteiger partial charge in [0.2, 0.25) is 5.91 Å². The molecule has 0 saturated heterocycles. The molecule has 30 heavy (non-hydrogen) atoms. The lowest BCUT2D eigenvalue weighted by Crippen LogP contribution is -2.41. The van der Waals surface area contributed by atoms with E-state index in [1.165, 1.54) is 12.0 Å². The number of rotatable bonds is 7. The molecule has 0 aliphatic rings. The predicted molar refractivity (Wildman–Crippen MR) is 119 cm³/mol. The summed E-state index contributed by atoms with van der Waals surface area (Å²) in [4.78, 5) is 14.6. The molecule has 0 heterocycles. The number of ether oxygens (including phenoxy) is 1. The molecule has 0 fully saturated rings. The van der Waals surface area contributed by atoms with Gasteiger partial charge >= 0.3 is 0 Å². The van der Waals surface area contributed by atoms with Crippen molar-refractivity contribution in [2.75, 3.05) is 29.9 Å². The van der Waals surface area contributed by atoms with Crippen molar-refractivity contribution >= 4 is 27.3 Å². The molecule has 0 aliphatic heterocycles. The van der Waals surface area contributed by atoms with Gasteiger partial charge in [-0.25, -0.2) is 8.42 Å². The minimum atomic E-state index is -3.98. The summed E-state index contributed by atoms with van der Waals surface area (Å²) in [5.41, 5.74) is 1.98. The molecular weight excluding hydrogens is 400 g/mol. The Labute approximate surface area is 177 Å². The van der Waals surface area contributed by atoms with Crippen LogP contribution in [-0.2, 0) is 14.8 Å². The lowest BCUT2D eigenvalue weighted by atomic mass is 10.2. The smallest absolute Gasteiger partial charge is 0.264 e. The number of anilines is 2. The molecule has 0 unspecified atom stereocenters. The van der Waals surface area contributed by atoms with Crippen LogP contribution in [0.5, 0.6) is 5.75 Å². The average Bonchev–Trinajstić information content (AvgIpc) is 2.77. The molecular formula is C23H24N2O4S. The van der Waals surface area contributed by atoms with E-state index in [9.17, 15) is 13.2 Å². The fraction of sp³-hybridized carbons (Fsp3) is 0.174. The quantitative estimate of drug-likeness (QED) is 0.578. The van der Waals surface area contributed by atoms with Gasteiger partial charge in [0.05, 0.1) is 17.7 Å². The summed E-state index contributed by atoms with van der Waals surface area (Å²) < 4.78 is 33.3. The Morgan fingerprint density at radius 1 is 0.900 bits per heavy atom. The molecule has 7 heteroatoms. The average molecular weight is 425 g/mol. The topological polar surface area (TPSA) is 66.9 Å². The van der Waals surface area contributed by atoms with Crippen molar-refractivity contribution < 1.29 is 17.9 Å². The first-order valence-electron chi connectivity index (χ1n) is 9.38. The van der Waals surface area contributed by atoms with Crippen molar-refractivity contribution in [3.8, 4) is 5.75 Å². The second-order valence-electron chi connectivity index (χ2n) is 6.81. The van der Waals surface area contributed by atoms with Crippen molar-refractivity contribution in [1.29, 1.82) is 0 Å². The normalized spacial score (nSPS) is 11.0. The molecule has 3 aromatic carbocycles. The number of likely N-dealkylation sites (N-methyl/N-ethyl adjacent to an activating group) is 1. The molecule has 0 aliphatic carbocycles. The second kappa shape index (κ2) is 9.00. The van der Waals surface area contributed by atoms with Gasteiger partial charge in [-0.2, -0.15) is 0 Å². The standard InChI is InChI=1S/C23H24N2O4S/c1-18-12-14-22(15-13-18)30(27,28)25(20-10-7-11-21(16-20)29-3)17-23(26)24(2)19-8-5-4-6-9-19/h4-16H,17H2,1-3H3. The van der Waals surface area contributed by atoms with Gasteiger partial charge in [-0.15, -0.1) is 0 Å². The van der Waals surface area contributed by atoms with Gasteiger partial charge in [-0.05, 0) is 43.3 Å². The third-order valence-electron chi connectivity index (χ3n) is 4.75. The highest BCUT2D eigenvalue weighted by Gasteiger charge is 2.28. The number of nitrogens with zero attached hydrogens (tertiary/aromatic N) is 2. The Kier molecular flexibility index (Phi) is 6.42. The van der Waals surface area contributed by atoms with Crippen LogP contribution in [0.2, 0.25) is 0 Å². The zero-order chi connectivity index (χ0) is 21.7. The molecule has 1 amide bonds. The van der Waals surface area contributed by atoms with Gasteiger partial charge in [0.1, 0.15) is 12.3 Å². The minimum Gasteiger partial charge on any atom is -0.497 e. The highest BCUT2D eigenvalue weighted by atomic mass is 32.2. The molecule has 0 aromatic heterocycles. The molecule has 3 rings (SSSR count). The Hall–Kier alpha value is -3.32. The van der Waals surface area contributed by atoms with Crippen LogP contribution < -0.4 is 13.9 Å². The van der Waals surface area contributed by atoms with Crippen LogP contribution in [0, 0.1) is 6.92 Å². The lowest BCUT2D eigenvalue weighted by Gasteiger charge is -2.27. The first kappa shape index (κ1) is 21.4. The van der Waals surface area contributed by atoms with E-state index in [0.717, 1.165) is 9.87 Å². The van der Waals surface area contributed by atoms with Crippen molar-refractivity contribution in [3.05, 3.63) is 84.4 Å². The van der Waals surface area contributed by atoms with E-state index in [4.69, 9.17) is 4.74 Å². The van der Waals surface area contributed by atoms with Crippen LogP contribution in [0.4, 0.5) is 11.4 Å². The molecule has 0 spiro atoms. The van der Waals surface area contributed by atoms with E-state index in [2.05, 4.69) is 0 Å². The van der Waals surface area contributed by atoms with Crippen molar-refractivity contribution in [2.45, 2.75) is 11.8 Å². The largest absolute Gasteiger partial charge is 0.497 e. The summed E-state index contributed by atoms with van der Waals surface area (Å²) in [6.07, 6.45) is 0. The molecule has 0 bridgehead atoms. The molecule has 0 atom stereocenters. The summed E-state index contributed by atoms with van der Waals surface area (Å²) in [7, 11) is -0.845. The van der Waals surface area contributed by atoms with Gasteiger partial charge in [0.15, 0.2) is 0 Å². The SMILES string of the molecule is COc1cccc(N(CC(=O)N(C)c2ccccc2)S(=O)(=O)c2ccc(C)cc2)c1. The summed E-state index contributed by atoms with van der Waals surface area (Å²) >= 11 is 0. The van der Waals surface area contributed by atoms with Crippen LogP contribution in [0.1, 0.15) is 5.56 Å². The maximum atomic E-state index is 13.5. The molecule has 3 aromatic rings. The van der Waals surface area contributed by atoms with Crippen LogP contribution in [0.15, 0.2) is 83.8 Å². The van der Waals surface area contributed by atoms with Crippen molar-refractivity contribution in [1.82, 2.24) is 0 Å². The highest BCUT2D eigenvalue weighted by Crippen LogP contribution is 2.27. The van der Waals surface area contributed by atoms with Crippen LogP contribution in [-0.4, -0.2) is 35.0 Å². The number of hydrogen-bond acceptors (Lipinski definition) is 4. The molecule has 0 radical (unpaired) electrons. The number of carbonyl (C=O) groups is 1. The molecule has 6 nitrogen and oxygen atoms in total. The number of hydrogen-bond donors (Lipinski definition) is 0.